The van der Waals surface area contributed by atoms with Gasteiger partial charge in [0.05, 0.1) is 26.3 Å². The Morgan fingerprint density at radius 1 is 1.06 bits per heavy atom. The van der Waals surface area contributed by atoms with E-state index in [1.54, 1.807) is 12.1 Å². The van der Waals surface area contributed by atoms with Crippen molar-refractivity contribution in [1.82, 2.24) is 10.2 Å². The maximum absolute atomic E-state index is 13.0. The third-order valence-electron chi connectivity index (χ3n) is 5.32. The van der Waals surface area contributed by atoms with Crippen LogP contribution in [0, 0.1) is 5.82 Å². The molecule has 0 unspecified atom stereocenters. The number of carbonyl (C=O) groups is 3. The van der Waals surface area contributed by atoms with E-state index in [-0.39, 0.29) is 25.3 Å². The average Bonchev–Trinajstić information content (AvgIpc) is 3.41. The fourth-order valence-corrected chi connectivity index (χ4v) is 3.73. The quantitative estimate of drug-likeness (QED) is 0.692. The highest BCUT2D eigenvalue weighted by Crippen LogP contribution is 2.34. The second-order valence-corrected chi connectivity index (χ2v) is 7.51. The lowest BCUT2D eigenvalue weighted by Gasteiger charge is -2.23. The van der Waals surface area contributed by atoms with Gasteiger partial charge in [-0.15, -0.1) is 0 Å². The van der Waals surface area contributed by atoms with Crippen molar-refractivity contribution in [3.63, 3.8) is 0 Å². The van der Waals surface area contributed by atoms with E-state index >= 15 is 0 Å². The second kappa shape index (κ2) is 8.93. The molecule has 168 valence electrons. The predicted molar refractivity (Wildman–Crippen MR) is 109 cm³/mol. The highest BCUT2D eigenvalue weighted by atomic mass is 19.1. The van der Waals surface area contributed by atoms with Crippen molar-refractivity contribution in [2.75, 3.05) is 26.3 Å². The van der Waals surface area contributed by atoms with Crippen molar-refractivity contribution in [2.24, 2.45) is 5.73 Å². The molecule has 2 aromatic rings. The molecule has 2 aromatic carbocycles. The van der Waals surface area contributed by atoms with E-state index in [9.17, 15) is 18.8 Å². The Balaban J connectivity index is 1.33. The predicted octanol–water partition coefficient (Wildman–Crippen LogP) is 1.18. The lowest BCUT2D eigenvalue weighted by Crippen LogP contribution is -2.48. The summed E-state index contributed by atoms with van der Waals surface area (Å²) < 4.78 is 29.7. The van der Waals surface area contributed by atoms with Crippen LogP contribution in [0.15, 0.2) is 48.5 Å². The number of primary amides is 1. The van der Waals surface area contributed by atoms with E-state index in [0.717, 1.165) is 0 Å². The number of likely N-dealkylation sites (tertiary alicyclic amines) is 1. The Bertz CT molecular complexity index is 1010. The maximum Gasteiger partial charge on any atom is 0.251 e. The Morgan fingerprint density at radius 3 is 2.25 bits per heavy atom. The summed E-state index contributed by atoms with van der Waals surface area (Å²) in [5.41, 5.74) is 5.75. The standard InChI is InChI=1S/C22H22FN3O6/c23-15-3-7-17(8-4-15)32-16-5-1-14(2-6-16)21(29)25-12-19(27)26-13-22(30-9-10-31-22)11-18(26)20(24)28/h1-8,18H,9-13H2,(H2,24,28)(H,25,29)/t18-/m0/s1. The molecule has 2 saturated heterocycles. The molecule has 2 heterocycles. The Labute approximate surface area is 183 Å². The summed E-state index contributed by atoms with van der Waals surface area (Å²) in [6, 6.07) is 10.9. The van der Waals surface area contributed by atoms with Crippen LogP contribution in [0.5, 0.6) is 11.5 Å². The number of nitrogens with zero attached hydrogens (tertiary/aromatic N) is 1. The molecule has 2 fully saturated rings. The van der Waals surface area contributed by atoms with Crippen LogP contribution < -0.4 is 15.8 Å². The van der Waals surface area contributed by atoms with E-state index in [0.29, 0.717) is 30.3 Å². The smallest absolute Gasteiger partial charge is 0.251 e. The summed E-state index contributed by atoms with van der Waals surface area (Å²) in [7, 11) is 0. The zero-order valence-electron chi connectivity index (χ0n) is 17.1. The summed E-state index contributed by atoms with van der Waals surface area (Å²) in [4.78, 5) is 38.2. The van der Waals surface area contributed by atoms with Crippen LogP contribution in [0.2, 0.25) is 0 Å². The molecule has 9 nitrogen and oxygen atoms in total. The number of ether oxygens (including phenoxy) is 3. The molecule has 4 rings (SSSR count). The van der Waals surface area contributed by atoms with Gasteiger partial charge in [0.25, 0.3) is 5.91 Å². The molecule has 0 saturated carbocycles. The maximum atomic E-state index is 13.0. The van der Waals surface area contributed by atoms with E-state index < -0.39 is 29.6 Å². The van der Waals surface area contributed by atoms with Gasteiger partial charge in [0.15, 0.2) is 5.79 Å². The van der Waals surface area contributed by atoms with E-state index in [1.165, 1.54) is 41.3 Å². The van der Waals surface area contributed by atoms with Crippen LogP contribution in [0.1, 0.15) is 16.8 Å². The number of hydrogen-bond donors (Lipinski definition) is 2. The first-order valence-corrected chi connectivity index (χ1v) is 10.0. The largest absolute Gasteiger partial charge is 0.457 e. The Hall–Kier alpha value is -3.50. The summed E-state index contributed by atoms with van der Waals surface area (Å²) >= 11 is 0. The summed E-state index contributed by atoms with van der Waals surface area (Å²) in [5, 5.41) is 2.54. The molecule has 0 aliphatic carbocycles. The first-order chi connectivity index (χ1) is 15.3. The molecule has 10 heteroatoms. The van der Waals surface area contributed by atoms with Crippen molar-refractivity contribution in [3.8, 4) is 11.5 Å². The van der Waals surface area contributed by atoms with Crippen LogP contribution in [0.4, 0.5) is 4.39 Å². The average molecular weight is 443 g/mol. The normalized spacial score (nSPS) is 19.2. The number of hydrogen-bond acceptors (Lipinski definition) is 6. The van der Waals surface area contributed by atoms with Gasteiger partial charge < -0.3 is 30.2 Å². The van der Waals surface area contributed by atoms with Gasteiger partial charge in [-0.25, -0.2) is 4.39 Å². The molecule has 0 radical (unpaired) electrons. The summed E-state index contributed by atoms with van der Waals surface area (Å²) in [6.45, 7) is 0.521. The number of nitrogens with one attached hydrogen (secondary N) is 1. The summed E-state index contributed by atoms with van der Waals surface area (Å²) in [5.74, 6) is -2.05. The van der Waals surface area contributed by atoms with Gasteiger partial charge in [-0.1, -0.05) is 0 Å². The van der Waals surface area contributed by atoms with Gasteiger partial charge >= 0.3 is 0 Å². The van der Waals surface area contributed by atoms with E-state index in [2.05, 4.69) is 5.32 Å². The number of halogens is 1. The van der Waals surface area contributed by atoms with Gasteiger partial charge in [0.2, 0.25) is 11.8 Å². The lowest BCUT2D eigenvalue weighted by atomic mass is 10.1. The number of carbonyl (C=O) groups excluding carboxylic acids is 3. The van der Waals surface area contributed by atoms with Crippen molar-refractivity contribution in [2.45, 2.75) is 18.2 Å². The van der Waals surface area contributed by atoms with Crippen molar-refractivity contribution in [3.05, 3.63) is 59.9 Å². The third-order valence-corrected chi connectivity index (χ3v) is 5.32. The van der Waals surface area contributed by atoms with Gasteiger partial charge in [-0.3, -0.25) is 14.4 Å². The Morgan fingerprint density at radius 2 is 1.66 bits per heavy atom. The number of amides is 3. The Kier molecular flexibility index (Phi) is 6.06. The van der Waals surface area contributed by atoms with Crippen LogP contribution >= 0.6 is 0 Å². The molecular weight excluding hydrogens is 421 g/mol. The molecule has 3 N–H and O–H groups in total. The summed E-state index contributed by atoms with van der Waals surface area (Å²) in [6.07, 6.45) is 0.164. The molecule has 0 aromatic heterocycles. The van der Waals surface area contributed by atoms with Crippen molar-refractivity contribution in [1.29, 1.82) is 0 Å². The van der Waals surface area contributed by atoms with Crippen LogP contribution in [0.3, 0.4) is 0 Å². The van der Waals surface area contributed by atoms with Gasteiger partial charge in [-0.05, 0) is 48.5 Å². The molecular formula is C22H22FN3O6. The van der Waals surface area contributed by atoms with Gasteiger partial charge in [0.1, 0.15) is 23.4 Å². The number of benzene rings is 2. The van der Waals surface area contributed by atoms with Crippen LogP contribution in [-0.2, 0) is 19.1 Å². The highest BCUT2D eigenvalue weighted by molar-refractivity contribution is 5.97. The third kappa shape index (κ3) is 4.71. The molecule has 32 heavy (non-hydrogen) atoms. The molecule has 2 aliphatic heterocycles. The van der Waals surface area contributed by atoms with Crippen molar-refractivity contribution >= 4 is 17.7 Å². The van der Waals surface area contributed by atoms with E-state index in [4.69, 9.17) is 19.9 Å². The fraction of sp³-hybridized carbons (Fsp3) is 0.318. The first-order valence-electron chi connectivity index (χ1n) is 10.0. The first kappa shape index (κ1) is 21.7. The fourth-order valence-electron chi connectivity index (χ4n) is 3.73. The van der Waals surface area contributed by atoms with Gasteiger partial charge in [0, 0.05) is 12.0 Å². The van der Waals surface area contributed by atoms with Crippen molar-refractivity contribution < 1.29 is 33.0 Å². The topological polar surface area (TPSA) is 120 Å². The second-order valence-electron chi connectivity index (χ2n) is 7.51. The monoisotopic (exact) mass is 443 g/mol. The number of nitrogens with two attached hydrogens (primary N) is 1. The molecule has 0 bridgehead atoms. The molecule has 1 atom stereocenters. The molecule has 2 aliphatic rings. The lowest BCUT2D eigenvalue weighted by molar-refractivity contribution is -0.152. The number of rotatable bonds is 6. The highest BCUT2D eigenvalue weighted by Gasteiger charge is 2.51. The molecule has 1 spiro atoms. The van der Waals surface area contributed by atoms with Crippen LogP contribution in [-0.4, -0.2) is 60.8 Å². The minimum Gasteiger partial charge on any atom is -0.457 e. The van der Waals surface area contributed by atoms with E-state index in [1.807, 2.05) is 0 Å². The molecule has 3 amide bonds. The zero-order valence-corrected chi connectivity index (χ0v) is 17.1. The minimum absolute atomic E-state index is 0.0741. The SMILES string of the molecule is NC(=O)[C@@H]1CC2(CN1C(=O)CNC(=O)c1ccc(Oc3ccc(F)cc3)cc1)OCCO2. The van der Waals surface area contributed by atoms with Crippen LogP contribution in [0.25, 0.3) is 0 Å². The minimum atomic E-state index is -1.01. The van der Waals surface area contributed by atoms with Gasteiger partial charge in [-0.2, -0.15) is 0 Å². The zero-order chi connectivity index (χ0) is 22.7.